The molecule has 0 bridgehead atoms. The van der Waals surface area contributed by atoms with Crippen molar-refractivity contribution < 1.29 is 4.79 Å². The fraction of sp³-hybridized carbons (Fsp3) is 0.357. The molecule has 18 heavy (non-hydrogen) atoms. The SMILES string of the molecule is Cc1cc(CC(=O)CCc2ccncc2)n(C)n1. The van der Waals surface area contributed by atoms with Crippen LogP contribution in [-0.2, 0) is 24.7 Å². The number of nitrogens with zero attached hydrogens (tertiary/aromatic N) is 3. The maximum atomic E-state index is 11.9. The van der Waals surface area contributed by atoms with Gasteiger partial charge in [0.15, 0.2) is 0 Å². The molecule has 4 nitrogen and oxygen atoms in total. The number of aromatic nitrogens is 3. The average Bonchev–Trinajstić information content (AvgIpc) is 2.67. The first-order valence-electron chi connectivity index (χ1n) is 6.05. The Kier molecular flexibility index (Phi) is 3.87. The average molecular weight is 243 g/mol. The molecule has 0 aliphatic heterocycles. The Morgan fingerprint density at radius 3 is 2.67 bits per heavy atom. The van der Waals surface area contributed by atoms with Crippen LogP contribution in [0.15, 0.2) is 30.6 Å². The second kappa shape index (κ2) is 5.58. The van der Waals surface area contributed by atoms with Crippen molar-refractivity contribution in [3.05, 3.63) is 47.5 Å². The zero-order chi connectivity index (χ0) is 13.0. The third kappa shape index (κ3) is 3.26. The number of aryl methyl sites for hydroxylation is 3. The van der Waals surface area contributed by atoms with Gasteiger partial charge in [0.1, 0.15) is 5.78 Å². The summed E-state index contributed by atoms with van der Waals surface area (Å²) in [5, 5.41) is 4.24. The van der Waals surface area contributed by atoms with E-state index in [1.165, 1.54) is 0 Å². The van der Waals surface area contributed by atoms with E-state index in [0.717, 1.165) is 23.4 Å². The highest BCUT2D eigenvalue weighted by Crippen LogP contribution is 2.07. The Morgan fingerprint density at radius 1 is 1.33 bits per heavy atom. The van der Waals surface area contributed by atoms with Crippen LogP contribution in [0, 0.1) is 6.92 Å². The van der Waals surface area contributed by atoms with E-state index in [2.05, 4.69) is 10.1 Å². The number of carbonyl (C=O) groups is 1. The zero-order valence-corrected chi connectivity index (χ0v) is 10.8. The van der Waals surface area contributed by atoms with Gasteiger partial charge in [-0.25, -0.2) is 0 Å². The summed E-state index contributed by atoms with van der Waals surface area (Å²) in [4.78, 5) is 15.8. The van der Waals surface area contributed by atoms with Crippen LogP contribution in [0.3, 0.4) is 0 Å². The Bertz CT molecular complexity index is 531. The van der Waals surface area contributed by atoms with E-state index in [1.807, 2.05) is 32.2 Å². The van der Waals surface area contributed by atoms with E-state index in [9.17, 15) is 4.79 Å². The van der Waals surface area contributed by atoms with E-state index in [1.54, 1.807) is 17.1 Å². The topological polar surface area (TPSA) is 47.8 Å². The van der Waals surface area contributed by atoms with Gasteiger partial charge >= 0.3 is 0 Å². The highest BCUT2D eigenvalue weighted by Gasteiger charge is 2.08. The molecule has 94 valence electrons. The lowest BCUT2D eigenvalue weighted by molar-refractivity contribution is -0.118. The number of Topliss-reactive ketones (excluding diaryl/α,β-unsaturated/α-hetero) is 1. The molecule has 0 saturated heterocycles. The molecule has 0 N–H and O–H groups in total. The molecule has 2 aromatic rings. The number of pyridine rings is 1. The molecule has 0 aliphatic rings. The molecule has 0 fully saturated rings. The third-order valence-electron chi connectivity index (χ3n) is 2.92. The second-order valence-electron chi connectivity index (χ2n) is 4.47. The molecular weight excluding hydrogens is 226 g/mol. The van der Waals surface area contributed by atoms with Crippen molar-refractivity contribution in [1.29, 1.82) is 0 Å². The Hall–Kier alpha value is -1.97. The molecule has 2 aromatic heterocycles. The first-order chi connectivity index (χ1) is 8.65. The lowest BCUT2D eigenvalue weighted by Crippen LogP contribution is -2.08. The summed E-state index contributed by atoms with van der Waals surface area (Å²) in [5.41, 5.74) is 3.08. The fourth-order valence-electron chi connectivity index (χ4n) is 1.95. The quantitative estimate of drug-likeness (QED) is 0.805. The van der Waals surface area contributed by atoms with E-state index in [-0.39, 0.29) is 5.78 Å². The minimum absolute atomic E-state index is 0.245. The van der Waals surface area contributed by atoms with Crippen LogP contribution in [0.25, 0.3) is 0 Å². The van der Waals surface area contributed by atoms with Gasteiger partial charge < -0.3 is 0 Å². The molecule has 2 heterocycles. The fourth-order valence-corrected chi connectivity index (χ4v) is 1.95. The first-order valence-corrected chi connectivity index (χ1v) is 6.05. The van der Waals surface area contributed by atoms with Crippen molar-refractivity contribution in [2.45, 2.75) is 26.2 Å². The van der Waals surface area contributed by atoms with Crippen LogP contribution in [0.2, 0.25) is 0 Å². The number of hydrogen-bond donors (Lipinski definition) is 0. The van der Waals surface area contributed by atoms with Gasteiger partial charge in [0.2, 0.25) is 0 Å². The van der Waals surface area contributed by atoms with Gasteiger partial charge in [-0.05, 0) is 37.1 Å². The Labute approximate surface area is 107 Å². The van der Waals surface area contributed by atoms with Crippen molar-refractivity contribution >= 4 is 5.78 Å². The number of carbonyl (C=O) groups excluding carboxylic acids is 1. The first kappa shape index (κ1) is 12.5. The minimum Gasteiger partial charge on any atom is -0.299 e. The molecule has 0 unspecified atom stereocenters. The van der Waals surface area contributed by atoms with Crippen molar-refractivity contribution in [1.82, 2.24) is 14.8 Å². The Balaban J connectivity index is 1.88. The van der Waals surface area contributed by atoms with Crippen molar-refractivity contribution in [3.63, 3.8) is 0 Å². The predicted octanol–water partition coefficient (Wildman–Crippen LogP) is 1.87. The molecule has 2 rings (SSSR count). The second-order valence-corrected chi connectivity index (χ2v) is 4.47. The van der Waals surface area contributed by atoms with Crippen molar-refractivity contribution in [2.75, 3.05) is 0 Å². The number of rotatable bonds is 5. The maximum absolute atomic E-state index is 11.9. The molecule has 0 aliphatic carbocycles. The molecule has 0 spiro atoms. The van der Waals surface area contributed by atoms with Gasteiger partial charge in [0, 0.05) is 38.0 Å². The molecule has 0 radical (unpaired) electrons. The standard InChI is InChI=1S/C14H17N3O/c1-11-9-13(17(2)16-11)10-14(18)4-3-12-5-7-15-8-6-12/h5-9H,3-4,10H2,1-2H3. The normalized spacial score (nSPS) is 10.6. The molecule has 0 atom stereocenters. The molecule has 0 amide bonds. The molecule has 0 saturated carbocycles. The highest BCUT2D eigenvalue weighted by molar-refractivity contribution is 5.80. The summed E-state index contributed by atoms with van der Waals surface area (Å²) in [7, 11) is 1.87. The van der Waals surface area contributed by atoms with Gasteiger partial charge in [-0.1, -0.05) is 0 Å². The summed E-state index contributed by atoms with van der Waals surface area (Å²) >= 11 is 0. The van der Waals surface area contributed by atoms with Crippen LogP contribution in [0.4, 0.5) is 0 Å². The summed E-state index contributed by atoms with van der Waals surface area (Å²) < 4.78 is 1.78. The largest absolute Gasteiger partial charge is 0.299 e. The third-order valence-corrected chi connectivity index (χ3v) is 2.92. The van der Waals surface area contributed by atoms with E-state index >= 15 is 0 Å². The minimum atomic E-state index is 0.245. The number of ketones is 1. The summed E-state index contributed by atoms with van der Waals surface area (Å²) in [6.45, 7) is 1.94. The molecule has 4 heteroatoms. The van der Waals surface area contributed by atoms with E-state index in [0.29, 0.717) is 12.8 Å². The molecule has 0 aromatic carbocycles. The van der Waals surface area contributed by atoms with Crippen LogP contribution < -0.4 is 0 Å². The number of hydrogen-bond acceptors (Lipinski definition) is 3. The predicted molar refractivity (Wildman–Crippen MR) is 69.2 cm³/mol. The summed E-state index contributed by atoms with van der Waals surface area (Å²) in [6, 6.07) is 5.85. The lowest BCUT2D eigenvalue weighted by atomic mass is 10.1. The lowest BCUT2D eigenvalue weighted by Gasteiger charge is -2.02. The van der Waals surface area contributed by atoms with Gasteiger partial charge in [0.05, 0.1) is 5.69 Å². The molecular formula is C14H17N3O. The van der Waals surface area contributed by atoms with E-state index < -0.39 is 0 Å². The van der Waals surface area contributed by atoms with Gasteiger partial charge in [-0.15, -0.1) is 0 Å². The monoisotopic (exact) mass is 243 g/mol. The smallest absolute Gasteiger partial charge is 0.139 e. The van der Waals surface area contributed by atoms with Gasteiger partial charge in [-0.2, -0.15) is 5.10 Å². The van der Waals surface area contributed by atoms with Crippen molar-refractivity contribution in [2.24, 2.45) is 7.05 Å². The van der Waals surface area contributed by atoms with Crippen molar-refractivity contribution in [3.8, 4) is 0 Å². The maximum Gasteiger partial charge on any atom is 0.139 e. The Morgan fingerprint density at radius 2 is 2.06 bits per heavy atom. The van der Waals surface area contributed by atoms with Crippen LogP contribution in [-0.4, -0.2) is 20.5 Å². The summed E-state index contributed by atoms with van der Waals surface area (Å²) in [5.74, 6) is 0.245. The van der Waals surface area contributed by atoms with Gasteiger partial charge in [0.25, 0.3) is 0 Å². The highest BCUT2D eigenvalue weighted by atomic mass is 16.1. The van der Waals surface area contributed by atoms with Gasteiger partial charge in [-0.3, -0.25) is 14.5 Å². The van der Waals surface area contributed by atoms with E-state index in [4.69, 9.17) is 0 Å². The van der Waals surface area contributed by atoms with Crippen LogP contribution in [0.1, 0.15) is 23.4 Å². The van der Waals surface area contributed by atoms with Crippen LogP contribution in [0.5, 0.6) is 0 Å². The zero-order valence-electron chi connectivity index (χ0n) is 10.8. The van der Waals surface area contributed by atoms with Crippen LogP contribution >= 0.6 is 0 Å². The summed E-state index contributed by atoms with van der Waals surface area (Å²) in [6.07, 6.45) is 5.31.